The number of ether oxygens (including phenoxy) is 2. The van der Waals surface area contributed by atoms with Crippen LogP contribution in [0.5, 0.6) is 0 Å². The van der Waals surface area contributed by atoms with Gasteiger partial charge in [0.2, 0.25) is 5.91 Å². The molecule has 0 bridgehead atoms. The van der Waals surface area contributed by atoms with E-state index in [1.807, 2.05) is 11.8 Å². The minimum Gasteiger partial charge on any atom is -0.378 e. The minimum absolute atomic E-state index is 0.0445. The van der Waals surface area contributed by atoms with Gasteiger partial charge in [0.25, 0.3) is 0 Å². The maximum absolute atomic E-state index is 12.7. The maximum Gasteiger partial charge on any atom is 0.225 e. The Bertz CT molecular complexity index is 607. The van der Waals surface area contributed by atoms with Crippen molar-refractivity contribution < 1.29 is 14.3 Å². The molecule has 1 amide bonds. The monoisotopic (exact) mass is 334 g/mol. The number of piperidine rings is 1. The number of amides is 1. The molecule has 0 aromatic carbocycles. The number of methoxy groups -OCH3 is 1. The summed E-state index contributed by atoms with van der Waals surface area (Å²) < 4.78 is 11.8. The SMILES string of the molecule is COC1(CC(=O)N2CCC3C[C@H](c4n[nH]c(C)n4)O[C@@H]3C2)CCC1. The van der Waals surface area contributed by atoms with E-state index in [0.29, 0.717) is 18.9 Å². The molecule has 4 rings (SSSR count). The molecular formula is C17H26N4O3. The van der Waals surface area contributed by atoms with Gasteiger partial charge in [-0.15, -0.1) is 0 Å². The quantitative estimate of drug-likeness (QED) is 0.907. The zero-order valence-corrected chi connectivity index (χ0v) is 14.5. The van der Waals surface area contributed by atoms with Gasteiger partial charge < -0.3 is 14.4 Å². The predicted molar refractivity (Wildman–Crippen MR) is 86.2 cm³/mol. The molecule has 1 aliphatic carbocycles. The molecule has 3 aliphatic rings. The van der Waals surface area contributed by atoms with Crippen molar-refractivity contribution in [3.8, 4) is 0 Å². The van der Waals surface area contributed by atoms with Crippen molar-refractivity contribution >= 4 is 5.91 Å². The Balaban J connectivity index is 1.36. The lowest BCUT2D eigenvalue weighted by atomic mass is 9.77. The van der Waals surface area contributed by atoms with Gasteiger partial charge in [0.15, 0.2) is 5.82 Å². The number of nitrogens with one attached hydrogen (secondary N) is 1. The number of aromatic amines is 1. The second-order valence-corrected chi connectivity index (χ2v) is 7.48. The molecule has 1 aromatic heterocycles. The number of hydrogen-bond donors (Lipinski definition) is 1. The van der Waals surface area contributed by atoms with Crippen LogP contribution >= 0.6 is 0 Å². The van der Waals surface area contributed by atoms with Crippen molar-refractivity contribution in [1.82, 2.24) is 20.1 Å². The number of nitrogens with zero attached hydrogens (tertiary/aromatic N) is 3. The molecule has 2 saturated heterocycles. The normalized spacial score (nSPS) is 31.6. The van der Waals surface area contributed by atoms with Crippen molar-refractivity contribution in [2.24, 2.45) is 5.92 Å². The summed E-state index contributed by atoms with van der Waals surface area (Å²) in [6.07, 6.45) is 5.66. The van der Waals surface area contributed by atoms with E-state index in [0.717, 1.165) is 50.3 Å². The van der Waals surface area contributed by atoms with Crippen LogP contribution in [-0.2, 0) is 14.3 Å². The summed E-state index contributed by atoms with van der Waals surface area (Å²) in [5, 5.41) is 7.11. The van der Waals surface area contributed by atoms with Gasteiger partial charge in [-0.2, -0.15) is 5.10 Å². The van der Waals surface area contributed by atoms with Gasteiger partial charge in [0, 0.05) is 20.2 Å². The summed E-state index contributed by atoms with van der Waals surface area (Å²) in [5.74, 6) is 2.26. The zero-order chi connectivity index (χ0) is 16.7. The molecule has 7 heteroatoms. The molecule has 1 aromatic rings. The van der Waals surface area contributed by atoms with E-state index >= 15 is 0 Å². The average molecular weight is 334 g/mol. The number of aromatic nitrogens is 3. The van der Waals surface area contributed by atoms with Gasteiger partial charge in [-0.1, -0.05) is 0 Å². The largest absolute Gasteiger partial charge is 0.378 e. The minimum atomic E-state index is -0.205. The van der Waals surface area contributed by atoms with Gasteiger partial charge in [-0.05, 0) is 44.9 Å². The summed E-state index contributed by atoms with van der Waals surface area (Å²) in [5.41, 5.74) is -0.205. The third-order valence-electron chi connectivity index (χ3n) is 5.98. The first-order valence-electron chi connectivity index (χ1n) is 8.96. The number of carbonyl (C=O) groups is 1. The maximum atomic E-state index is 12.7. The van der Waals surface area contributed by atoms with E-state index in [-0.39, 0.29) is 23.7 Å². The van der Waals surface area contributed by atoms with Gasteiger partial charge in [0.1, 0.15) is 11.9 Å². The highest BCUT2D eigenvalue weighted by Crippen LogP contribution is 2.41. The fraction of sp³-hybridized carbons (Fsp3) is 0.824. The second kappa shape index (κ2) is 6.11. The Hall–Kier alpha value is -1.47. The molecule has 1 saturated carbocycles. The number of aryl methyl sites for hydroxylation is 1. The topological polar surface area (TPSA) is 80.3 Å². The summed E-state index contributed by atoms with van der Waals surface area (Å²) >= 11 is 0. The number of likely N-dealkylation sites (tertiary alicyclic amines) is 1. The highest BCUT2D eigenvalue weighted by Gasteiger charge is 2.44. The Morgan fingerprint density at radius 2 is 2.33 bits per heavy atom. The zero-order valence-electron chi connectivity index (χ0n) is 14.5. The summed E-state index contributed by atoms with van der Waals surface area (Å²) in [6.45, 7) is 3.40. The molecule has 132 valence electrons. The number of carbonyl (C=O) groups excluding carboxylic acids is 1. The summed E-state index contributed by atoms with van der Waals surface area (Å²) in [7, 11) is 1.72. The number of fused-ring (bicyclic) bond motifs is 1. The smallest absolute Gasteiger partial charge is 0.225 e. The molecule has 7 nitrogen and oxygen atoms in total. The van der Waals surface area contributed by atoms with Gasteiger partial charge in [-0.3, -0.25) is 9.89 Å². The van der Waals surface area contributed by atoms with Crippen LogP contribution in [0.3, 0.4) is 0 Å². The van der Waals surface area contributed by atoms with E-state index in [1.165, 1.54) is 0 Å². The van der Waals surface area contributed by atoms with Crippen LogP contribution in [-0.4, -0.2) is 57.9 Å². The first-order chi connectivity index (χ1) is 11.6. The van der Waals surface area contributed by atoms with E-state index in [1.54, 1.807) is 7.11 Å². The van der Waals surface area contributed by atoms with E-state index in [4.69, 9.17) is 9.47 Å². The average Bonchev–Trinajstić information content (AvgIpc) is 3.15. The second-order valence-electron chi connectivity index (χ2n) is 7.48. The van der Waals surface area contributed by atoms with Gasteiger partial charge >= 0.3 is 0 Å². The predicted octanol–water partition coefficient (Wildman–Crippen LogP) is 1.75. The van der Waals surface area contributed by atoms with Crippen LogP contribution < -0.4 is 0 Å². The highest BCUT2D eigenvalue weighted by molar-refractivity contribution is 5.77. The Labute approximate surface area is 142 Å². The standard InChI is InChI=1S/C17H26N4O3/c1-11-18-16(20-19-11)13-8-12-4-7-21(10-14(12)24-13)15(22)9-17(23-2)5-3-6-17/h12-14H,3-10H2,1-2H3,(H,18,19,20)/t12?,13-,14-/m1/s1. The van der Waals surface area contributed by atoms with Crippen LogP contribution in [0.2, 0.25) is 0 Å². The molecular weight excluding hydrogens is 308 g/mol. The fourth-order valence-corrected chi connectivity index (χ4v) is 4.24. The molecule has 1 unspecified atom stereocenters. The Morgan fingerprint density at radius 1 is 1.50 bits per heavy atom. The molecule has 0 spiro atoms. The van der Waals surface area contributed by atoms with Crippen LogP contribution in [0.4, 0.5) is 0 Å². The molecule has 3 fully saturated rings. The van der Waals surface area contributed by atoms with Crippen LogP contribution in [0.15, 0.2) is 0 Å². The molecule has 2 aliphatic heterocycles. The molecule has 3 heterocycles. The highest BCUT2D eigenvalue weighted by atomic mass is 16.5. The molecule has 3 atom stereocenters. The lowest BCUT2D eigenvalue weighted by molar-refractivity contribution is -0.148. The lowest BCUT2D eigenvalue weighted by Gasteiger charge is -2.42. The first kappa shape index (κ1) is 16.0. The van der Waals surface area contributed by atoms with Crippen LogP contribution in [0.1, 0.15) is 56.3 Å². The number of H-pyrrole nitrogens is 1. The van der Waals surface area contributed by atoms with Gasteiger partial charge in [0.05, 0.1) is 18.1 Å². The van der Waals surface area contributed by atoms with Gasteiger partial charge in [-0.25, -0.2) is 4.98 Å². The molecule has 1 N–H and O–H groups in total. The first-order valence-corrected chi connectivity index (χ1v) is 8.96. The summed E-state index contributed by atoms with van der Waals surface area (Å²) in [4.78, 5) is 19.0. The van der Waals surface area contributed by atoms with Crippen molar-refractivity contribution in [3.05, 3.63) is 11.6 Å². The Kier molecular flexibility index (Phi) is 4.08. The van der Waals surface area contributed by atoms with Crippen molar-refractivity contribution in [3.63, 3.8) is 0 Å². The van der Waals surface area contributed by atoms with E-state index in [2.05, 4.69) is 15.2 Å². The molecule has 24 heavy (non-hydrogen) atoms. The molecule has 0 radical (unpaired) electrons. The Morgan fingerprint density at radius 3 is 2.96 bits per heavy atom. The number of hydrogen-bond acceptors (Lipinski definition) is 5. The third-order valence-corrected chi connectivity index (χ3v) is 5.98. The van der Waals surface area contributed by atoms with Crippen molar-refractivity contribution in [1.29, 1.82) is 0 Å². The van der Waals surface area contributed by atoms with Crippen molar-refractivity contribution in [2.75, 3.05) is 20.2 Å². The van der Waals surface area contributed by atoms with Crippen LogP contribution in [0.25, 0.3) is 0 Å². The lowest BCUT2D eigenvalue weighted by Crippen LogP contribution is -2.49. The van der Waals surface area contributed by atoms with Crippen molar-refractivity contribution in [2.45, 2.75) is 63.3 Å². The van der Waals surface area contributed by atoms with Crippen LogP contribution in [0, 0.1) is 12.8 Å². The fourth-order valence-electron chi connectivity index (χ4n) is 4.24. The van der Waals surface area contributed by atoms with E-state index in [9.17, 15) is 4.79 Å². The summed E-state index contributed by atoms with van der Waals surface area (Å²) in [6, 6.07) is 0. The number of rotatable bonds is 4. The van der Waals surface area contributed by atoms with E-state index < -0.39 is 0 Å². The third kappa shape index (κ3) is 2.84.